The molecule has 0 saturated carbocycles. The summed E-state index contributed by atoms with van der Waals surface area (Å²) in [4.78, 5) is 13.0. The van der Waals surface area contributed by atoms with Gasteiger partial charge in [0.25, 0.3) is 0 Å². The Morgan fingerprint density at radius 1 is 1.06 bits per heavy atom. The molecule has 0 aliphatic carbocycles. The van der Waals surface area contributed by atoms with E-state index in [1.807, 2.05) is 79.3 Å². The Balaban J connectivity index is 1.45. The SMILES string of the molecule is Cc1c(OCc2ccccc2Cl)ccc2c1OC(=Cc1cn(C)c3ccccc13)C2=O. The molecule has 2 heterocycles. The van der Waals surface area contributed by atoms with Gasteiger partial charge >= 0.3 is 0 Å². The number of aryl methyl sites for hydroxylation is 1. The number of benzene rings is 3. The summed E-state index contributed by atoms with van der Waals surface area (Å²) in [6, 6.07) is 19.2. The van der Waals surface area contributed by atoms with E-state index >= 15 is 0 Å². The van der Waals surface area contributed by atoms with Crippen molar-refractivity contribution in [3.8, 4) is 11.5 Å². The largest absolute Gasteiger partial charge is 0.488 e. The normalized spacial score (nSPS) is 14.2. The van der Waals surface area contributed by atoms with Crippen LogP contribution in [0.15, 0.2) is 72.6 Å². The maximum absolute atomic E-state index is 13.0. The predicted octanol–water partition coefficient (Wildman–Crippen LogP) is 6.34. The number of aromatic nitrogens is 1. The highest BCUT2D eigenvalue weighted by Crippen LogP contribution is 2.40. The van der Waals surface area contributed by atoms with Crippen LogP contribution in [0.4, 0.5) is 0 Å². The lowest BCUT2D eigenvalue weighted by molar-refractivity contribution is 0.101. The average molecular weight is 430 g/mol. The molecule has 1 aromatic heterocycles. The first-order valence-electron chi connectivity index (χ1n) is 10.0. The third-order valence-corrected chi connectivity index (χ3v) is 5.96. The molecule has 4 aromatic rings. The first-order chi connectivity index (χ1) is 15.0. The fourth-order valence-corrected chi connectivity index (χ4v) is 4.11. The standard InChI is InChI=1S/C26H20ClNO3/c1-16-23(30-15-17-7-3-5-9-21(17)27)12-11-20-25(29)24(31-26(16)20)13-18-14-28(2)22-10-6-4-8-19(18)22/h3-14H,15H2,1-2H3. The van der Waals surface area contributed by atoms with Gasteiger partial charge in [-0.15, -0.1) is 0 Å². The van der Waals surface area contributed by atoms with Crippen molar-refractivity contribution in [1.82, 2.24) is 4.57 Å². The van der Waals surface area contributed by atoms with Gasteiger partial charge in [-0.2, -0.15) is 0 Å². The number of nitrogens with zero attached hydrogens (tertiary/aromatic N) is 1. The summed E-state index contributed by atoms with van der Waals surface area (Å²) < 4.78 is 14.0. The van der Waals surface area contributed by atoms with E-state index in [-0.39, 0.29) is 5.78 Å². The van der Waals surface area contributed by atoms with Crippen molar-refractivity contribution in [2.75, 3.05) is 0 Å². The number of fused-ring (bicyclic) bond motifs is 2. The molecule has 154 valence electrons. The molecule has 5 heteroatoms. The number of hydrogen-bond acceptors (Lipinski definition) is 3. The van der Waals surface area contributed by atoms with Crippen LogP contribution in [-0.4, -0.2) is 10.4 Å². The number of ether oxygens (including phenoxy) is 2. The third-order valence-electron chi connectivity index (χ3n) is 5.59. The van der Waals surface area contributed by atoms with E-state index in [0.717, 1.165) is 27.6 Å². The van der Waals surface area contributed by atoms with Gasteiger partial charge < -0.3 is 14.0 Å². The fraction of sp³-hybridized carbons (Fsp3) is 0.115. The fourth-order valence-electron chi connectivity index (χ4n) is 3.92. The summed E-state index contributed by atoms with van der Waals surface area (Å²) in [6.45, 7) is 2.24. The van der Waals surface area contributed by atoms with Gasteiger partial charge in [-0.25, -0.2) is 0 Å². The van der Waals surface area contributed by atoms with E-state index in [0.29, 0.717) is 34.5 Å². The van der Waals surface area contributed by atoms with Gasteiger partial charge in [0.05, 0.1) is 5.56 Å². The van der Waals surface area contributed by atoms with Gasteiger partial charge in [0.2, 0.25) is 5.78 Å². The summed E-state index contributed by atoms with van der Waals surface area (Å²) in [5, 5.41) is 1.73. The number of allylic oxidation sites excluding steroid dienone is 1. The van der Waals surface area contributed by atoms with Crippen LogP contribution in [-0.2, 0) is 13.7 Å². The van der Waals surface area contributed by atoms with Crippen LogP contribution in [0.2, 0.25) is 5.02 Å². The summed E-state index contributed by atoms with van der Waals surface area (Å²) in [5.74, 6) is 1.41. The van der Waals surface area contributed by atoms with E-state index in [1.54, 1.807) is 6.07 Å². The van der Waals surface area contributed by atoms with Gasteiger partial charge in [0.15, 0.2) is 5.76 Å². The van der Waals surface area contributed by atoms with Gasteiger partial charge in [-0.1, -0.05) is 48.0 Å². The Hall–Kier alpha value is -3.50. The van der Waals surface area contributed by atoms with Crippen molar-refractivity contribution in [3.05, 3.63) is 99.9 Å². The van der Waals surface area contributed by atoms with Crippen LogP contribution in [0.5, 0.6) is 11.5 Å². The lowest BCUT2D eigenvalue weighted by Gasteiger charge is -2.12. The molecule has 5 rings (SSSR count). The number of hydrogen-bond donors (Lipinski definition) is 0. The predicted molar refractivity (Wildman–Crippen MR) is 123 cm³/mol. The number of ketones is 1. The molecule has 0 N–H and O–H groups in total. The number of carbonyl (C=O) groups is 1. The molecular weight excluding hydrogens is 410 g/mol. The molecule has 4 nitrogen and oxygen atoms in total. The van der Waals surface area contributed by atoms with Gasteiger partial charge in [0.1, 0.15) is 18.1 Å². The van der Waals surface area contributed by atoms with Gasteiger partial charge in [0, 0.05) is 45.9 Å². The van der Waals surface area contributed by atoms with Crippen LogP contribution in [0.25, 0.3) is 17.0 Å². The maximum Gasteiger partial charge on any atom is 0.231 e. The van der Waals surface area contributed by atoms with Crippen molar-refractivity contribution in [2.45, 2.75) is 13.5 Å². The lowest BCUT2D eigenvalue weighted by Crippen LogP contribution is -1.99. The van der Waals surface area contributed by atoms with E-state index < -0.39 is 0 Å². The minimum Gasteiger partial charge on any atom is -0.488 e. The van der Waals surface area contributed by atoms with Gasteiger partial charge in [-0.3, -0.25) is 4.79 Å². The first kappa shape index (κ1) is 19.5. The first-order valence-corrected chi connectivity index (χ1v) is 10.4. The van der Waals surface area contributed by atoms with Crippen molar-refractivity contribution in [2.24, 2.45) is 7.05 Å². The maximum atomic E-state index is 13.0. The zero-order valence-electron chi connectivity index (χ0n) is 17.2. The Labute approximate surface area is 185 Å². The van der Waals surface area contributed by atoms with E-state index in [1.165, 1.54) is 0 Å². The monoisotopic (exact) mass is 429 g/mol. The van der Waals surface area contributed by atoms with Crippen molar-refractivity contribution in [3.63, 3.8) is 0 Å². The zero-order chi connectivity index (χ0) is 21.5. The van der Waals surface area contributed by atoms with Crippen LogP contribution in [0.3, 0.4) is 0 Å². The average Bonchev–Trinajstić information content (AvgIpc) is 3.27. The highest BCUT2D eigenvalue weighted by atomic mass is 35.5. The Morgan fingerprint density at radius 2 is 1.84 bits per heavy atom. The number of halogens is 1. The minimum absolute atomic E-state index is 0.122. The Kier molecular flexibility index (Phi) is 4.79. The molecular formula is C26H20ClNO3. The molecule has 0 unspecified atom stereocenters. The van der Waals surface area contributed by atoms with Crippen molar-refractivity contribution < 1.29 is 14.3 Å². The highest BCUT2D eigenvalue weighted by molar-refractivity contribution is 6.31. The van der Waals surface area contributed by atoms with Crippen LogP contribution >= 0.6 is 11.6 Å². The van der Waals surface area contributed by atoms with E-state index in [4.69, 9.17) is 21.1 Å². The van der Waals surface area contributed by atoms with Crippen LogP contribution < -0.4 is 9.47 Å². The molecule has 0 atom stereocenters. The number of rotatable bonds is 4. The van der Waals surface area contributed by atoms with E-state index in [2.05, 4.69) is 6.07 Å². The molecule has 1 aliphatic rings. The highest BCUT2D eigenvalue weighted by Gasteiger charge is 2.30. The molecule has 0 fully saturated rings. The number of carbonyl (C=O) groups excluding carboxylic acids is 1. The summed E-state index contributed by atoms with van der Waals surface area (Å²) >= 11 is 6.22. The smallest absolute Gasteiger partial charge is 0.231 e. The molecule has 0 saturated heterocycles. The molecule has 3 aromatic carbocycles. The molecule has 0 spiro atoms. The number of para-hydroxylation sites is 1. The summed E-state index contributed by atoms with van der Waals surface area (Å²) in [6.07, 6.45) is 3.82. The second-order valence-electron chi connectivity index (χ2n) is 7.60. The summed E-state index contributed by atoms with van der Waals surface area (Å²) in [5.41, 5.74) is 4.29. The molecule has 0 amide bonds. The van der Waals surface area contributed by atoms with Crippen molar-refractivity contribution in [1.29, 1.82) is 0 Å². The zero-order valence-corrected chi connectivity index (χ0v) is 17.9. The molecule has 1 aliphatic heterocycles. The third kappa shape index (κ3) is 3.39. The molecule has 31 heavy (non-hydrogen) atoms. The summed E-state index contributed by atoms with van der Waals surface area (Å²) in [7, 11) is 1.99. The second kappa shape index (κ2) is 7.64. The Bertz CT molecular complexity index is 1370. The van der Waals surface area contributed by atoms with Crippen molar-refractivity contribution >= 4 is 34.4 Å². The van der Waals surface area contributed by atoms with E-state index in [9.17, 15) is 4.79 Å². The second-order valence-corrected chi connectivity index (χ2v) is 8.00. The van der Waals surface area contributed by atoms with Crippen LogP contribution in [0.1, 0.15) is 27.0 Å². The molecule has 0 bridgehead atoms. The lowest BCUT2D eigenvalue weighted by atomic mass is 10.1. The topological polar surface area (TPSA) is 40.5 Å². The minimum atomic E-state index is -0.122. The van der Waals surface area contributed by atoms with Gasteiger partial charge in [-0.05, 0) is 37.3 Å². The quantitative estimate of drug-likeness (QED) is 0.355. The number of Topliss-reactive ketones (excluding diaryl/α,β-unsaturated/α-hetero) is 1. The Morgan fingerprint density at radius 3 is 2.68 bits per heavy atom. The molecule has 0 radical (unpaired) electrons. The van der Waals surface area contributed by atoms with Crippen LogP contribution in [0, 0.1) is 6.92 Å².